The van der Waals surface area contributed by atoms with E-state index in [4.69, 9.17) is 10.8 Å². The van der Waals surface area contributed by atoms with Gasteiger partial charge in [-0.3, -0.25) is 9.59 Å². The van der Waals surface area contributed by atoms with Crippen molar-refractivity contribution in [3.05, 3.63) is 0 Å². The van der Waals surface area contributed by atoms with Gasteiger partial charge >= 0.3 is 11.9 Å². The zero-order valence-electron chi connectivity index (χ0n) is 7.15. The molecule has 0 aliphatic rings. The Morgan fingerprint density at radius 3 is 2.38 bits per heavy atom. The molecule has 0 aliphatic carbocycles. The number of hydrogen-bond donors (Lipinski definition) is 2. The van der Waals surface area contributed by atoms with E-state index in [1.54, 1.807) is 0 Å². The average molecular weight is 189 g/mol. The summed E-state index contributed by atoms with van der Waals surface area (Å²) in [5, 5.41) is 8.29. The molecule has 0 unspecified atom stereocenters. The van der Waals surface area contributed by atoms with Crippen molar-refractivity contribution < 1.29 is 24.2 Å². The summed E-state index contributed by atoms with van der Waals surface area (Å²) < 4.78 is 4.32. The number of carbonyl (C=O) groups is 3. The highest BCUT2D eigenvalue weighted by Gasteiger charge is 2.17. The second kappa shape index (κ2) is 5.26. The molecular formula is C7H11NO5. The first-order valence-corrected chi connectivity index (χ1v) is 3.67. The summed E-state index contributed by atoms with van der Waals surface area (Å²) in [6, 6.07) is -1.28. The molecule has 0 aromatic rings. The predicted octanol–water partition coefficient (Wildman–Crippen LogP) is -1.08. The fraction of sp³-hybridized carbons (Fsp3) is 0.571. The largest absolute Gasteiger partial charge is 0.480 e. The van der Waals surface area contributed by atoms with Gasteiger partial charge in [0.1, 0.15) is 12.6 Å². The maximum atomic E-state index is 10.7. The Balaban J connectivity index is 3.83. The molecule has 0 radical (unpaired) electrons. The first kappa shape index (κ1) is 11.6. The predicted molar refractivity (Wildman–Crippen MR) is 41.9 cm³/mol. The lowest BCUT2D eigenvalue weighted by Gasteiger charge is -2.06. The lowest BCUT2D eigenvalue weighted by atomic mass is 10.3. The normalized spacial score (nSPS) is 11.8. The summed E-state index contributed by atoms with van der Waals surface area (Å²) in [4.78, 5) is 31.5. The van der Waals surface area contributed by atoms with Crippen molar-refractivity contribution >= 4 is 17.7 Å². The smallest absolute Gasteiger partial charge is 0.374 e. The lowest BCUT2D eigenvalue weighted by molar-refractivity contribution is -0.155. The molecule has 0 saturated heterocycles. The van der Waals surface area contributed by atoms with E-state index in [0.717, 1.165) is 0 Å². The minimum Gasteiger partial charge on any atom is -0.480 e. The number of carbonyl (C=O) groups excluding carboxylic acids is 2. The Morgan fingerprint density at radius 2 is 2.00 bits per heavy atom. The van der Waals surface area contributed by atoms with Crippen LogP contribution in [-0.2, 0) is 19.1 Å². The summed E-state index contributed by atoms with van der Waals surface area (Å²) in [6.45, 7) is 1.01. The number of ether oxygens (including phenoxy) is 1. The van der Waals surface area contributed by atoms with Crippen LogP contribution >= 0.6 is 0 Å². The number of nitrogens with two attached hydrogens (primary N) is 1. The van der Waals surface area contributed by atoms with Crippen molar-refractivity contribution in [2.45, 2.75) is 19.4 Å². The van der Waals surface area contributed by atoms with Crippen LogP contribution in [0.2, 0.25) is 0 Å². The molecule has 0 rings (SSSR count). The molecule has 1 atom stereocenters. The van der Waals surface area contributed by atoms with Gasteiger partial charge in [0.25, 0.3) is 0 Å². The molecule has 0 heterocycles. The van der Waals surface area contributed by atoms with Gasteiger partial charge < -0.3 is 15.6 Å². The van der Waals surface area contributed by atoms with Crippen LogP contribution in [-0.4, -0.2) is 35.5 Å². The molecule has 13 heavy (non-hydrogen) atoms. The first-order chi connectivity index (χ1) is 5.99. The van der Waals surface area contributed by atoms with Crippen LogP contribution in [0.3, 0.4) is 0 Å². The Bertz CT molecular complexity index is 225. The van der Waals surface area contributed by atoms with Crippen LogP contribution in [0.4, 0.5) is 0 Å². The van der Waals surface area contributed by atoms with Crippen LogP contribution in [0.15, 0.2) is 0 Å². The maximum Gasteiger partial charge on any atom is 0.374 e. The number of rotatable bonds is 5. The second-order valence-corrected chi connectivity index (χ2v) is 2.32. The summed E-state index contributed by atoms with van der Waals surface area (Å²) in [5.74, 6) is -3.02. The Kier molecular flexibility index (Phi) is 4.68. The summed E-state index contributed by atoms with van der Waals surface area (Å²) in [7, 11) is 0. The molecule has 0 aliphatic heterocycles. The van der Waals surface area contributed by atoms with E-state index < -0.39 is 30.4 Å². The minimum absolute atomic E-state index is 0.0289. The van der Waals surface area contributed by atoms with E-state index in [-0.39, 0.29) is 6.42 Å². The topological polar surface area (TPSA) is 107 Å². The van der Waals surface area contributed by atoms with Gasteiger partial charge in [0, 0.05) is 6.42 Å². The van der Waals surface area contributed by atoms with Crippen LogP contribution in [0.1, 0.15) is 13.3 Å². The first-order valence-electron chi connectivity index (χ1n) is 3.67. The van der Waals surface area contributed by atoms with Gasteiger partial charge in [0.05, 0.1) is 0 Å². The Morgan fingerprint density at radius 1 is 1.46 bits per heavy atom. The fourth-order valence-corrected chi connectivity index (χ4v) is 0.462. The van der Waals surface area contributed by atoms with Gasteiger partial charge in [-0.25, -0.2) is 4.79 Å². The number of carboxylic acids is 1. The maximum absolute atomic E-state index is 10.7. The average Bonchev–Trinajstić information content (AvgIpc) is 2.11. The Labute approximate surface area is 74.7 Å². The molecular weight excluding hydrogens is 178 g/mol. The summed E-state index contributed by atoms with van der Waals surface area (Å²) in [6.07, 6.45) is 0.0289. The Hall–Kier alpha value is -1.43. The zero-order valence-corrected chi connectivity index (χ0v) is 7.15. The van der Waals surface area contributed by atoms with Gasteiger partial charge in [-0.2, -0.15) is 0 Å². The third kappa shape index (κ3) is 4.22. The molecule has 3 N–H and O–H groups in total. The number of Topliss-reactive ketones (excluding diaryl/α,β-unsaturated/α-hetero) is 1. The van der Waals surface area contributed by atoms with Crippen molar-refractivity contribution in [1.82, 2.24) is 0 Å². The third-order valence-corrected chi connectivity index (χ3v) is 1.26. The highest BCUT2D eigenvalue weighted by molar-refractivity contribution is 6.33. The summed E-state index contributed by atoms with van der Waals surface area (Å²) in [5.41, 5.74) is 5.02. The quantitative estimate of drug-likeness (QED) is 0.421. The van der Waals surface area contributed by atoms with Crippen molar-refractivity contribution in [2.24, 2.45) is 5.73 Å². The second-order valence-electron chi connectivity index (χ2n) is 2.32. The third-order valence-electron chi connectivity index (χ3n) is 1.26. The molecule has 6 heteroatoms. The molecule has 0 saturated carbocycles. The van der Waals surface area contributed by atoms with E-state index in [0.29, 0.717) is 0 Å². The monoisotopic (exact) mass is 189 g/mol. The van der Waals surface area contributed by atoms with Gasteiger partial charge in [-0.05, 0) is 0 Å². The van der Waals surface area contributed by atoms with E-state index in [1.807, 2.05) is 0 Å². The fourth-order valence-electron chi connectivity index (χ4n) is 0.462. The van der Waals surface area contributed by atoms with Crippen molar-refractivity contribution in [3.63, 3.8) is 0 Å². The molecule has 6 nitrogen and oxygen atoms in total. The molecule has 0 aromatic carbocycles. The summed E-state index contributed by atoms with van der Waals surface area (Å²) >= 11 is 0. The van der Waals surface area contributed by atoms with Gasteiger partial charge in [-0.1, -0.05) is 6.92 Å². The highest BCUT2D eigenvalue weighted by atomic mass is 16.5. The highest BCUT2D eigenvalue weighted by Crippen LogP contribution is 1.88. The molecule has 0 spiro atoms. The number of aliphatic carboxylic acids is 1. The SMILES string of the molecule is CCC(=O)C(=O)OC[C@H](N)C(=O)O. The van der Waals surface area contributed by atoms with E-state index in [1.165, 1.54) is 6.92 Å². The van der Waals surface area contributed by atoms with Crippen molar-refractivity contribution in [1.29, 1.82) is 0 Å². The molecule has 0 amide bonds. The standard InChI is InChI=1S/C7H11NO5/c1-2-5(9)7(12)13-3-4(8)6(10)11/h4H,2-3,8H2,1H3,(H,10,11)/t4-/m0/s1. The van der Waals surface area contributed by atoms with Crippen LogP contribution in [0.5, 0.6) is 0 Å². The number of ketones is 1. The zero-order chi connectivity index (χ0) is 10.4. The van der Waals surface area contributed by atoms with Crippen LogP contribution < -0.4 is 5.73 Å². The number of carboxylic acid groups (broad SMARTS) is 1. The lowest BCUT2D eigenvalue weighted by Crippen LogP contribution is -2.36. The van der Waals surface area contributed by atoms with E-state index >= 15 is 0 Å². The van der Waals surface area contributed by atoms with Gasteiger partial charge in [-0.15, -0.1) is 0 Å². The van der Waals surface area contributed by atoms with E-state index in [2.05, 4.69) is 4.74 Å². The molecule has 0 fully saturated rings. The minimum atomic E-state index is -1.28. The van der Waals surface area contributed by atoms with Crippen LogP contribution in [0.25, 0.3) is 0 Å². The van der Waals surface area contributed by atoms with Gasteiger partial charge in [0.2, 0.25) is 5.78 Å². The van der Waals surface area contributed by atoms with Crippen molar-refractivity contribution in [2.75, 3.05) is 6.61 Å². The van der Waals surface area contributed by atoms with Gasteiger partial charge in [0.15, 0.2) is 0 Å². The number of hydrogen-bond acceptors (Lipinski definition) is 5. The van der Waals surface area contributed by atoms with E-state index in [9.17, 15) is 14.4 Å². The molecule has 0 bridgehead atoms. The van der Waals surface area contributed by atoms with Crippen molar-refractivity contribution in [3.8, 4) is 0 Å². The number of esters is 1. The van der Waals surface area contributed by atoms with Crippen LogP contribution in [0, 0.1) is 0 Å². The molecule has 74 valence electrons. The molecule has 0 aromatic heterocycles.